The lowest BCUT2D eigenvalue weighted by atomic mass is 10.0. The van der Waals surface area contributed by atoms with Crippen molar-refractivity contribution >= 4 is 37.9 Å². The SMILES string of the molecule is CCOPCc1ccc(Nc2ncc(C(F)(F)F)c(Nc3ccc(-c4cnn(CC(O)CO)c4)cc3C(=O)NC)n2)cc1. The molecule has 4 rings (SSSR count). The summed E-state index contributed by atoms with van der Waals surface area (Å²) in [4.78, 5) is 20.7. The molecular weight excluding hydrogens is 586 g/mol. The fourth-order valence-corrected chi connectivity index (χ4v) is 4.69. The number of benzene rings is 2. The van der Waals surface area contributed by atoms with Gasteiger partial charge in [-0.2, -0.15) is 23.3 Å². The number of carbonyl (C=O) groups is 1. The Kier molecular flexibility index (Phi) is 10.6. The van der Waals surface area contributed by atoms with Gasteiger partial charge < -0.3 is 30.7 Å². The summed E-state index contributed by atoms with van der Waals surface area (Å²) in [5.41, 5.74) is 1.82. The molecule has 0 aliphatic rings. The first-order chi connectivity index (χ1) is 20.6. The van der Waals surface area contributed by atoms with E-state index in [0.29, 0.717) is 38.4 Å². The van der Waals surface area contributed by atoms with Crippen molar-refractivity contribution in [3.05, 3.63) is 77.7 Å². The summed E-state index contributed by atoms with van der Waals surface area (Å²) >= 11 is 0. The number of nitrogens with zero attached hydrogens (tertiary/aromatic N) is 4. The van der Waals surface area contributed by atoms with E-state index in [1.54, 1.807) is 24.4 Å². The van der Waals surface area contributed by atoms with Gasteiger partial charge in [0.25, 0.3) is 5.91 Å². The molecule has 2 aromatic carbocycles. The number of hydrogen-bond acceptors (Lipinski definition) is 9. The second-order valence-electron chi connectivity index (χ2n) is 9.28. The molecule has 15 heteroatoms. The van der Waals surface area contributed by atoms with Crippen molar-refractivity contribution in [2.45, 2.75) is 31.9 Å². The largest absolute Gasteiger partial charge is 0.421 e. The van der Waals surface area contributed by atoms with E-state index in [0.717, 1.165) is 11.7 Å². The Labute approximate surface area is 247 Å². The van der Waals surface area contributed by atoms with Crippen LogP contribution in [0.25, 0.3) is 11.1 Å². The summed E-state index contributed by atoms with van der Waals surface area (Å²) in [5.74, 6) is -1.16. The van der Waals surface area contributed by atoms with Gasteiger partial charge in [0.2, 0.25) is 5.95 Å². The molecule has 0 saturated heterocycles. The van der Waals surface area contributed by atoms with Gasteiger partial charge >= 0.3 is 6.18 Å². The van der Waals surface area contributed by atoms with E-state index >= 15 is 0 Å². The zero-order valence-electron chi connectivity index (χ0n) is 23.3. The zero-order chi connectivity index (χ0) is 31.0. The van der Waals surface area contributed by atoms with Crippen molar-refractivity contribution in [2.75, 3.05) is 30.9 Å². The van der Waals surface area contributed by atoms with Crippen LogP contribution in [0.15, 0.2) is 61.1 Å². The maximum absolute atomic E-state index is 13.9. The molecule has 228 valence electrons. The fraction of sp³-hybridized carbons (Fsp3) is 0.286. The van der Waals surface area contributed by atoms with Crippen LogP contribution in [0.3, 0.4) is 0 Å². The Balaban J connectivity index is 1.62. The van der Waals surface area contributed by atoms with Crippen LogP contribution in [0.4, 0.5) is 36.3 Å². The van der Waals surface area contributed by atoms with Gasteiger partial charge in [-0.3, -0.25) is 9.48 Å². The minimum Gasteiger partial charge on any atom is -0.394 e. The molecule has 2 atom stereocenters. The summed E-state index contributed by atoms with van der Waals surface area (Å²) in [6.07, 6.45) is -1.22. The van der Waals surface area contributed by atoms with Gasteiger partial charge in [0.05, 0.1) is 36.7 Å². The lowest BCUT2D eigenvalue weighted by Crippen LogP contribution is -2.20. The fourth-order valence-electron chi connectivity index (χ4n) is 3.99. The minimum absolute atomic E-state index is 0.0567. The molecule has 2 unspecified atom stereocenters. The predicted molar refractivity (Wildman–Crippen MR) is 158 cm³/mol. The molecule has 0 radical (unpaired) electrons. The summed E-state index contributed by atoms with van der Waals surface area (Å²) < 4.78 is 48.6. The van der Waals surface area contributed by atoms with Gasteiger partial charge in [-0.15, -0.1) is 0 Å². The number of aliphatic hydroxyl groups excluding tert-OH is 2. The molecule has 0 aliphatic carbocycles. The van der Waals surface area contributed by atoms with Crippen molar-refractivity contribution < 1.29 is 32.7 Å². The summed E-state index contributed by atoms with van der Waals surface area (Å²) in [7, 11) is 1.74. The van der Waals surface area contributed by atoms with Crippen molar-refractivity contribution in [1.82, 2.24) is 25.1 Å². The number of aliphatic hydroxyl groups is 2. The second kappa shape index (κ2) is 14.4. The first-order valence-electron chi connectivity index (χ1n) is 13.2. The number of aromatic nitrogens is 4. The minimum atomic E-state index is -4.77. The molecule has 1 amide bonds. The molecule has 0 spiro atoms. The Morgan fingerprint density at radius 1 is 1.12 bits per heavy atom. The number of alkyl halides is 3. The quantitative estimate of drug-likeness (QED) is 0.107. The van der Waals surface area contributed by atoms with Crippen LogP contribution < -0.4 is 16.0 Å². The third-order valence-electron chi connectivity index (χ3n) is 6.15. The second-order valence-corrected chi connectivity index (χ2v) is 10.2. The Bertz CT molecular complexity index is 1530. The lowest BCUT2D eigenvalue weighted by Gasteiger charge is -2.17. The van der Waals surface area contributed by atoms with E-state index in [4.69, 9.17) is 9.63 Å². The lowest BCUT2D eigenvalue weighted by molar-refractivity contribution is -0.137. The monoisotopic (exact) mass is 617 g/mol. The average molecular weight is 618 g/mol. The summed E-state index contributed by atoms with van der Waals surface area (Å²) in [5, 5.41) is 31.0. The Hall–Kier alpha value is -4.10. The van der Waals surface area contributed by atoms with Crippen LogP contribution in [0.2, 0.25) is 0 Å². The average Bonchev–Trinajstić information content (AvgIpc) is 3.45. The van der Waals surface area contributed by atoms with E-state index in [2.05, 4.69) is 31.0 Å². The number of amides is 1. The van der Waals surface area contributed by atoms with E-state index in [9.17, 15) is 23.1 Å². The molecule has 11 nitrogen and oxygen atoms in total. The first kappa shape index (κ1) is 31.8. The molecule has 4 aromatic rings. The van der Waals surface area contributed by atoms with Crippen LogP contribution in [-0.2, 0) is 23.4 Å². The van der Waals surface area contributed by atoms with Crippen molar-refractivity contribution in [3.63, 3.8) is 0 Å². The van der Waals surface area contributed by atoms with Crippen molar-refractivity contribution in [3.8, 4) is 11.1 Å². The number of halogens is 3. The zero-order valence-corrected chi connectivity index (χ0v) is 24.3. The van der Waals surface area contributed by atoms with Crippen LogP contribution in [0.5, 0.6) is 0 Å². The van der Waals surface area contributed by atoms with E-state index in [-0.39, 0.29) is 23.7 Å². The highest BCUT2D eigenvalue weighted by Crippen LogP contribution is 2.36. The molecule has 0 bridgehead atoms. The normalized spacial score (nSPS) is 12.4. The third-order valence-corrected chi connectivity index (χ3v) is 7.19. The number of nitrogens with one attached hydrogen (secondary N) is 3. The standard InChI is InChI=1S/C28H31F3N7O4P/c1-3-42-43-16-17-4-7-20(8-5-17)35-27-33-12-23(28(29,30)31)25(37-27)36-24-9-6-18(10-22(24)26(41)32-2)19-11-34-38(13-19)14-21(40)15-39/h4-13,21,39-40,43H,3,14-16H2,1-2H3,(H,32,41)(H2,33,35,36,37). The highest BCUT2D eigenvalue weighted by atomic mass is 31.1. The number of hydrogen-bond donors (Lipinski definition) is 5. The highest BCUT2D eigenvalue weighted by molar-refractivity contribution is 7.31. The summed E-state index contributed by atoms with van der Waals surface area (Å²) in [6.45, 7) is 2.19. The van der Waals surface area contributed by atoms with Gasteiger partial charge in [-0.1, -0.05) is 18.2 Å². The predicted octanol–water partition coefficient (Wildman–Crippen LogP) is 4.69. The maximum Gasteiger partial charge on any atom is 0.421 e. The molecule has 2 aromatic heterocycles. The molecule has 0 fully saturated rings. The molecule has 0 saturated carbocycles. The molecule has 2 heterocycles. The third kappa shape index (κ3) is 8.48. The van der Waals surface area contributed by atoms with E-state index in [1.807, 2.05) is 19.1 Å². The van der Waals surface area contributed by atoms with Crippen molar-refractivity contribution in [2.24, 2.45) is 0 Å². The van der Waals surface area contributed by atoms with Crippen LogP contribution >= 0.6 is 8.81 Å². The molecule has 0 aliphatic heterocycles. The molecule has 5 N–H and O–H groups in total. The summed E-state index contributed by atoms with van der Waals surface area (Å²) in [6, 6.07) is 11.9. The van der Waals surface area contributed by atoms with Crippen LogP contribution in [-0.4, -0.2) is 62.2 Å². The maximum atomic E-state index is 13.9. The topological polar surface area (TPSA) is 146 Å². The van der Waals surface area contributed by atoms with Gasteiger partial charge in [-0.25, -0.2) is 4.98 Å². The Morgan fingerprint density at radius 2 is 1.88 bits per heavy atom. The van der Waals surface area contributed by atoms with Gasteiger partial charge in [0.15, 0.2) is 0 Å². The number of rotatable bonds is 13. The van der Waals surface area contributed by atoms with E-state index in [1.165, 1.54) is 30.1 Å². The van der Waals surface area contributed by atoms with Gasteiger partial charge in [-0.05, 0) is 42.3 Å². The van der Waals surface area contributed by atoms with Crippen LogP contribution in [0.1, 0.15) is 28.4 Å². The number of carbonyl (C=O) groups excluding carboxylic acids is 1. The van der Waals surface area contributed by atoms with Crippen LogP contribution in [0, 0.1) is 0 Å². The smallest absolute Gasteiger partial charge is 0.394 e. The number of anilines is 4. The Morgan fingerprint density at radius 3 is 2.56 bits per heavy atom. The first-order valence-corrected chi connectivity index (χ1v) is 14.3. The van der Waals surface area contributed by atoms with E-state index < -0.39 is 36.2 Å². The van der Waals surface area contributed by atoms with Gasteiger partial charge in [0.1, 0.15) is 11.4 Å². The highest BCUT2D eigenvalue weighted by Gasteiger charge is 2.35. The van der Waals surface area contributed by atoms with Gasteiger partial charge in [0, 0.05) is 52.3 Å². The van der Waals surface area contributed by atoms with Crippen molar-refractivity contribution in [1.29, 1.82) is 0 Å². The molecule has 43 heavy (non-hydrogen) atoms. The molecular formula is C28H31F3N7O4P.